The van der Waals surface area contributed by atoms with Gasteiger partial charge < -0.3 is 20.4 Å². The van der Waals surface area contributed by atoms with Gasteiger partial charge in [0, 0.05) is 62.9 Å². The Hall–Kier alpha value is -1.22. The molecule has 6 nitrogen and oxygen atoms in total. The Labute approximate surface area is 183 Å². The van der Waals surface area contributed by atoms with Gasteiger partial charge in [-0.2, -0.15) is 0 Å². The van der Waals surface area contributed by atoms with Crippen molar-refractivity contribution in [3.05, 3.63) is 28.8 Å². The van der Waals surface area contributed by atoms with Crippen LogP contribution in [0.25, 0.3) is 0 Å². The minimum absolute atomic E-state index is 0. The number of nitrogens with zero attached hydrogens (tertiary/aromatic N) is 3. The average Bonchev–Trinajstić information content (AvgIpc) is 3.49. The van der Waals surface area contributed by atoms with E-state index in [0.29, 0.717) is 13.1 Å². The van der Waals surface area contributed by atoms with Gasteiger partial charge in [0.1, 0.15) is 0 Å². The van der Waals surface area contributed by atoms with Gasteiger partial charge in [0.2, 0.25) is 5.91 Å². The summed E-state index contributed by atoms with van der Waals surface area (Å²) in [5.41, 5.74) is 2.46. The van der Waals surface area contributed by atoms with E-state index in [1.165, 1.54) is 11.3 Å². The van der Waals surface area contributed by atoms with E-state index in [1.807, 2.05) is 12.1 Å². The van der Waals surface area contributed by atoms with Gasteiger partial charge in [-0.15, -0.1) is 24.0 Å². The number of aryl methyl sites for hydroxylation is 1. The quantitative estimate of drug-likeness (QED) is 0.279. The van der Waals surface area contributed by atoms with Crippen LogP contribution < -0.4 is 15.5 Å². The number of hydrogen-bond donors (Lipinski definition) is 2. The molecule has 0 atom stereocenters. The first kappa shape index (κ1) is 22.1. The number of carbonyl (C=O) groups is 1. The van der Waals surface area contributed by atoms with Gasteiger partial charge >= 0.3 is 0 Å². The number of carbonyl (C=O) groups excluding carboxylic acids is 1. The predicted molar refractivity (Wildman–Crippen MR) is 122 cm³/mol. The van der Waals surface area contributed by atoms with Crippen molar-refractivity contribution < 1.29 is 4.79 Å². The van der Waals surface area contributed by atoms with Crippen LogP contribution in [0.4, 0.5) is 5.69 Å². The fraction of sp³-hybridized carbons (Fsp3) is 0.579. The third-order valence-corrected chi connectivity index (χ3v) is 5.19. The first-order valence-electron chi connectivity index (χ1n) is 9.33. The van der Waals surface area contributed by atoms with E-state index >= 15 is 0 Å². The fourth-order valence-corrected chi connectivity index (χ4v) is 3.43. The molecule has 0 unspecified atom stereocenters. The maximum atomic E-state index is 11.6. The zero-order valence-corrected chi connectivity index (χ0v) is 19.1. The molecule has 8 heteroatoms. The number of hydrogen-bond acceptors (Lipinski definition) is 3. The molecule has 0 aromatic heterocycles. The van der Waals surface area contributed by atoms with Crippen LogP contribution in [0.3, 0.4) is 0 Å². The Bertz CT molecular complexity index is 672. The van der Waals surface area contributed by atoms with Crippen LogP contribution in [-0.4, -0.2) is 63.1 Å². The van der Waals surface area contributed by atoms with Crippen molar-refractivity contribution in [1.29, 1.82) is 0 Å². The largest absolute Gasteiger partial charge is 0.368 e. The number of anilines is 1. The molecule has 0 bridgehead atoms. The lowest BCUT2D eigenvalue weighted by Crippen LogP contribution is -2.53. The average molecular weight is 506 g/mol. The highest BCUT2D eigenvalue weighted by Crippen LogP contribution is 2.28. The number of aliphatic imine (C=N–C) groups is 1. The Morgan fingerprint density at radius 2 is 1.85 bits per heavy atom. The first-order valence-corrected chi connectivity index (χ1v) is 9.70. The lowest BCUT2D eigenvalue weighted by Gasteiger charge is -2.38. The number of halogens is 2. The number of benzene rings is 1. The Kier molecular flexibility index (Phi) is 8.47. The summed E-state index contributed by atoms with van der Waals surface area (Å²) in [5, 5.41) is 7.10. The molecule has 1 amide bonds. The minimum Gasteiger partial charge on any atom is -0.368 e. The zero-order chi connectivity index (χ0) is 18.5. The van der Waals surface area contributed by atoms with Crippen molar-refractivity contribution in [2.75, 3.05) is 51.2 Å². The standard InChI is InChI=1S/C19H28ClN5O.HI/c1-14-3-6-16(20)13-17(14)24-9-11-25(12-10-24)19(21-2)23-8-7-22-18(26)15-4-5-15;/h3,6,13,15H,4-5,7-12H2,1-2H3,(H,21,23)(H,22,26);1H. The SMILES string of the molecule is CN=C(NCCNC(=O)C1CC1)N1CCN(c2cc(Cl)ccc2C)CC1.I. The molecule has 2 N–H and O–H groups in total. The van der Waals surface area contributed by atoms with Gasteiger partial charge in [0.15, 0.2) is 5.96 Å². The third kappa shape index (κ3) is 6.14. The monoisotopic (exact) mass is 505 g/mol. The number of nitrogens with one attached hydrogen (secondary N) is 2. The summed E-state index contributed by atoms with van der Waals surface area (Å²) in [7, 11) is 1.80. The summed E-state index contributed by atoms with van der Waals surface area (Å²) in [5.74, 6) is 1.35. The number of guanidine groups is 1. The van der Waals surface area contributed by atoms with Crippen LogP contribution in [0.1, 0.15) is 18.4 Å². The van der Waals surface area contributed by atoms with Gasteiger partial charge in [-0.1, -0.05) is 17.7 Å². The summed E-state index contributed by atoms with van der Waals surface area (Å²) in [6.45, 7) is 7.12. The lowest BCUT2D eigenvalue weighted by molar-refractivity contribution is -0.122. The van der Waals surface area contributed by atoms with Crippen molar-refractivity contribution in [2.45, 2.75) is 19.8 Å². The highest BCUT2D eigenvalue weighted by Gasteiger charge is 2.29. The predicted octanol–water partition coefficient (Wildman–Crippen LogP) is 2.49. The molecule has 150 valence electrons. The molecule has 1 aromatic rings. The van der Waals surface area contributed by atoms with Crippen LogP contribution in [0.2, 0.25) is 5.02 Å². The van der Waals surface area contributed by atoms with Crippen molar-refractivity contribution in [2.24, 2.45) is 10.9 Å². The van der Waals surface area contributed by atoms with E-state index in [1.54, 1.807) is 7.05 Å². The lowest BCUT2D eigenvalue weighted by atomic mass is 10.1. The highest BCUT2D eigenvalue weighted by molar-refractivity contribution is 14.0. The second-order valence-electron chi connectivity index (χ2n) is 6.94. The molecule has 27 heavy (non-hydrogen) atoms. The van der Waals surface area contributed by atoms with E-state index < -0.39 is 0 Å². The van der Waals surface area contributed by atoms with Crippen LogP contribution in [0.15, 0.2) is 23.2 Å². The second kappa shape index (κ2) is 10.4. The van der Waals surface area contributed by atoms with Crippen LogP contribution in [0.5, 0.6) is 0 Å². The Balaban J connectivity index is 0.00000261. The molecule has 0 radical (unpaired) electrons. The van der Waals surface area contributed by atoms with Gasteiger partial charge in [-0.05, 0) is 37.5 Å². The highest BCUT2D eigenvalue weighted by atomic mass is 127. The van der Waals surface area contributed by atoms with Gasteiger partial charge in [0.05, 0.1) is 0 Å². The molecular weight excluding hydrogens is 477 g/mol. The van der Waals surface area contributed by atoms with Crippen molar-refractivity contribution >= 4 is 53.1 Å². The van der Waals surface area contributed by atoms with E-state index in [-0.39, 0.29) is 35.8 Å². The molecule has 0 spiro atoms. The molecule has 1 heterocycles. The van der Waals surface area contributed by atoms with Gasteiger partial charge in [-0.25, -0.2) is 0 Å². The molecule has 3 rings (SSSR count). The molecule has 2 fully saturated rings. The molecule has 2 aliphatic rings. The van der Waals surface area contributed by atoms with E-state index in [2.05, 4.69) is 38.4 Å². The van der Waals surface area contributed by atoms with Gasteiger partial charge in [0.25, 0.3) is 0 Å². The zero-order valence-electron chi connectivity index (χ0n) is 16.0. The summed E-state index contributed by atoms with van der Waals surface area (Å²) in [4.78, 5) is 20.7. The Morgan fingerprint density at radius 1 is 1.19 bits per heavy atom. The number of amides is 1. The smallest absolute Gasteiger partial charge is 0.223 e. The number of piperazine rings is 1. The topological polar surface area (TPSA) is 60.0 Å². The van der Waals surface area contributed by atoms with Crippen molar-refractivity contribution in [3.63, 3.8) is 0 Å². The second-order valence-corrected chi connectivity index (χ2v) is 7.38. The van der Waals surface area contributed by atoms with E-state index in [9.17, 15) is 4.79 Å². The van der Waals surface area contributed by atoms with E-state index in [4.69, 9.17) is 11.6 Å². The van der Waals surface area contributed by atoms with Gasteiger partial charge in [-0.3, -0.25) is 9.79 Å². The molecule has 1 aliphatic carbocycles. The van der Waals surface area contributed by atoms with Crippen LogP contribution in [0, 0.1) is 12.8 Å². The summed E-state index contributed by atoms with van der Waals surface area (Å²) < 4.78 is 0. The Morgan fingerprint density at radius 3 is 2.48 bits per heavy atom. The molecule has 1 aliphatic heterocycles. The van der Waals surface area contributed by atoms with E-state index in [0.717, 1.165) is 50.0 Å². The third-order valence-electron chi connectivity index (χ3n) is 4.96. The maximum Gasteiger partial charge on any atom is 0.223 e. The van der Waals surface area contributed by atoms with Crippen molar-refractivity contribution in [1.82, 2.24) is 15.5 Å². The first-order chi connectivity index (χ1) is 12.6. The minimum atomic E-state index is 0. The molecule has 1 saturated carbocycles. The summed E-state index contributed by atoms with van der Waals surface area (Å²) >= 11 is 6.16. The number of rotatable bonds is 5. The summed E-state index contributed by atoms with van der Waals surface area (Å²) in [6, 6.07) is 6.05. The maximum absolute atomic E-state index is 11.6. The fourth-order valence-electron chi connectivity index (χ4n) is 3.26. The molecular formula is C19H29ClIN5O. The normalized spacial score (nSPS) is 17.4. The van der Waals surface area contributed by atoms with Crippen LogP contribution in [-0.2, 0) is 4.79 Å². The molecule has 1 aromatic carbocycles. The molecule has 1 saturated heterocycles. The van der Waals surface area contributed by atoms with Crippen LogP contribution >= 0.6 is 35.6 Å². The van der Waals surface area contributed by atoms with Crippen molar-refractivity contribution in [3.8, 4) is 0 Å². The summed E-state index contributed by atoms with van der Waals surface area (Å²) in [6.07, 6.45) is 2.08.